The topological polar surface area (TPSA) is 140 Å². The van der Waals surface area contributed by atoms with E-state index in [1.807, 2.05) is 12.1 Å². The highest BCUT2D eigenvalue weighted by atomic mass is 35.5. The lowest BCUT2D eigenvalue weighted by molar-refractivity contribution is -0.143. The number of amides is 1. The molecule has 3 rings (SSSR count). The van der Waals surface area contributed by atoms with Gasteiger partial charge in [0.15, 0.2) is 0 Å². The number of hydrogen-bond acceptors (Lipinski definition) is 7. The number of hydrogen-bond donors (Lipinski definition) is 3. The number of nitrogens with zero attached hydrogens (tertiary/aromatic N) is 2. The molecule has 0 spiro atoms. The summed E-state index contributed by atoms with van der Waals surface area (Å²) in [6.07, 6.45) is 0.567. The van der Waals surface area contributed by atoms with Crippen LogP contribution < -0.4 is 15.8 Å². The first-order valence-corrected chi connectivity index (χ1v) is 8.75. The fraction of sp³-hybridized carbons (Fsp3) is 0.316. The van der Waals surface area contributed by atoms with Gasteiger partial charge in [-0.05, 0) is 12.5 Å². The highest BCUT2D eigenvalue weighted by Gasteiger charge is 2.34. The second kappa shape index (κ2) is 9.83. The Kier molecular flexibility index (Phi) is 7.49. The number of nitrogen functional groups attached to an aromatic ring is 1. The van der Waals surface area contributed by atoms with E-state index in [-0.39, 0.29) is 43.2 Å². The first-order chi connectivity index (χ1) is 13.5. The number of nitrogens with two attached hydrogens (primary N) is 1. The van der Waals surface area contributed by atoms with Gasteiger partial charge in [0.25, 0.3) is 0 Å². The third-order valence-electron chi connectivity index (χ3n) is 4.49. The minimum atomic E-state index is -0.403. The van der Waals surface area contributed by atoms with Crippen molar-refractivity contribution in [2.24, 2.45) is 11.7 Å². The molecule has 0 unspecified atom stereocenters. The number of carbonyl (C=O) groups is 2. The number of rotatable bonds is 7. The summed E-state index contributed by atoms with van der Waals surface area (Å²) in [7, 11) is 1.30. The molecule has 0 aliphatic carbocycles. The fourth-order valence-electron chi connectivity index (χ4n) is 2.96. The number of halogens is 1. The van der Waals surface area contributed by atoms with Crippen molar-refractivity contribution in [2.75, 3.05) is 13.7 Å². The third kappa shape index (κ3) is 5.64. The summed E-state index contributed by atoms with van der Waals surface area (Å²) in [6, 6.07) is 10.4. The number of nitrogens with one attached hydrogen (secondary N) is 2. The number of aromatic nitrogens is 2. The lowest BCUT2D eigenvalue weighted by Gasteiger charge is -2.11. The number of benzene rings is 1. The van der Waals surface area contributed by atoms with Crippen molar-refractivity contribution in [3.8, 4) is 17.1 Å². The number of ether oxygens (including phenoxy) is 2. The molecule has 2 aromatic rings. The molecule has 1 aliphatic rings. The van der Waals surface area contributed by atoms with Crippen molar-refractivity contribution in [1.29, 1.82) is 5.41 Å². The molecule has 9 nitrogen and oxygen atoms in total. The van der Waals surface area contributed by atoms with Gasteiger partial charge in [0.2, 0.25) is 11.8 Å². The SMILES string of the molecule is COC(=O)C[C@@H]1C[C@@H](COc2ccc(-c3ccc(C(=N)N)cc3)nn2)NC1=O.Cl. The van der Waals surface area contributed by atoms with Crippen LogP contribution in [-0.4, -0.2) is 47.7 Å². The Hall–Kier alpha value is -3.20. The average molecular weight is 420 g/mol. The molecule has 4 N–H and O–H groups in total. The first kappa shape index (κ1) is 22.1. The largest absolute Gasteiger partial charge is 0.474 e. The van der Waals surface area contributed by atoms with E-state index in [4.69, 9.17) is 15.9 Å². The summed E-state index contributed by atoms with van der Waals surface area (Å²) in [4.78, 5) is 23.2. The van der Waals surface area contributed by atoms with Crippen molar-refractivity contribution in [3.05, 3.63) is 42.0 Å². The third-order valence-corrected chi connectivity index (χ3v) is 4.49. The second-order valence-electron chi connectivity index (χ2n) is 6.48. The highest BCUT2D eigenvalue weighted by molar-refractivity contribution is 5.95. The zero-order valence-corrected chi connectivity index (χ0v) is 16.6. The highest BCUT2D eigenvalue weighted by Crippen LogP contribution is 2.21. The quantitative estimate of drug-likeness (QED) is 0.349. The smallest absolute Gasteiger partial charge is 0.306 e. The Balaban J connectivity index is 0.00000300. The summed E-state index contributed by atoms with van der Waals surface area (Å²) >= 11 is 0. The molecule has 1 saturated heterocycles. The van der Waals surface area contributed by atoms with Gasteiger partial charge in [-0.25, -0.2) is 0 Å². The lowest BCUT2D eigenvalue weighted by Crippen LogP contribution is -2.31. The molecule has 0 bridgehead atoms. The molecule has 1 aromatic heterocycles. The van der Waals surface area contributed by atoms with E-state index in [1.165, 1.54) is 7.11 Å². The molecule has 154 valence electrons. The number of amidine groups is 1. The molecule has 29 heavy (non-hydrogen) atoms. The lowest BCUT2D eigenvalue weighted by atomic mass is 10.0. The van der Waals surface area contributed by atoms with Gasteiger partial charge in [-0.3, -0.25) is 15.0 Å². The molecule has 1 aliphatic heterocycles. The van der Waals surface area contributed by atoms with Crippen LogP contribution >= 0.6 is 12.4 Å². The van der Waals surface area contributed by atoms with E-state index < -0.39 is 11.9 Å². The van der Waals surface area contributed by atoms with Crippen LogP contribution in [0.1, 0.15) is 18.4 Å². The first-order valence-electron chi connectivity index (χ1n) is 8.75. The fourth-order valence-corrected chi connectivity index (χ4v) is 2.96. The molecular formula is C19H22ClN5O4. The number of methoxy groups -OCH3 is 1. The Morgan fingerprint density at radius 3 is 2.55 bits per heavy atom. The minimum absolute atomic E-state index is 0. The van der Waals surface area contributed by atoms with Crippen molar-refractivity contribution in [2.45, 2.75) is 18.9 Å². The van der Waals surface area contributed by atoms with Crippen LogP contribution in [0.5, 0.6) is 5.88 Å². The average Bonchev–Trinajstić information content (AvgIpc) is 3.06. The van der Waals surface area contributed by atoms with Crippen molar-refractivity contribution in [1.82, 2.24) is 15.5 Å². The van der Waals surface area contributed by atoms with Gasteiger partial charge < -0.3 is 20.5 Å². The van der Waals surface area contributed by atoms with Gasteiger partial charge in [0.1, 0.15) is 12.4 Å². The molecule has 2 atom stereocenters. The van der Waals surface area contributed by atoms with Crippen molar-refractivity contribution < 1.29 is 19.1 Å². The Labute approximate surface area is 173 Å². The van der Waals surface area contributed by atoms with Crippen LogP contribution in [0.15, 0.2) is 36.4 Å². The Morgan fingerprint density at radius 2 is 1.97 bits per heavy atom. The Bertz CT molecular complexity index is 873. The van der Waals surface area contributed by atoms with Crippen LogP contribution in [0.4, 0.5) is 0 Å². The van der Waals surface area contributed by atoms with Gasteiger partial charge in [-0.15, -0.1) is 22.6 Å². The summed E-state index contributed by atoms with van der Waals surface area (Å²) in [5.74, 6) is -0.620. The van der Waals surface area contributed by atoms with Gasteiger partial charge >= 0.3 is 5.97 Å². The zero-order chi connectivity index (χ0) is 20.1. The van der Waals surface area contributed by atoms with E-state index in [2.05, 4.69) is 20.3 Å². The predicted molar refractivity (Wildman–Crippen MR) is 108 cm³/mol. The number of carbonyl (C=O) groups excluding carboxylic acids is 2. The number of esters is 1. The molecule has 1 amide bonds. The van der Waals surface area contributed by atoms with Crippen LogP contribution in [0.2, 0.25) is 0 Å². The molecule has 2 heterocycles. The van der Waals surface area contributed by atoms with Crippen LogP contribution in [0, 0.1) is 11.3 Å². The van der Waals surface area contributed by atoms with Crippen LogP contribution in [-0.2, 0) is 14.3 Å². The Morgan fingerprint density at radius 1 is 1.24 bits per heavy atom. The molecule has 1 aromatic carbocycles. The van der Waals surface area contributed by atoms with Gasteiger partial charge in [-0.2, -0.15) is 0 Å². The van der Waals surface area contributed by atoms with Gasteiger partial charge in [0.05, 0.1) is 31.2 Å². The van der Waals surface area contributed by atoms with Crippen LogP contribution in [0.25, 0.3) is 11.3 Å². The van der Waals surface area contributed by atoms with Gasteiger partial charge in [-0.1, -0.05) is 24.3 Å². The minimum Gasteiger partial charge on any atom is -0.474 e. The molecule has 0 saturated carbocycles. The second-order valence-corrected chi connectivity index (χ2v) is 6.48. The summed E-state index contributed by atoms with van der Waals surface area (Å²) in [6.45, 7) is 0.241. The summed E-state index contributed by atoms with van der Waals surface area (Å²) in [5.41, 5.74) is 7.59. The monoisotopic (exact) mass is 419 g/mol. The molecule has 10 heteroatoms. The van der Waals surface area contributed by atoms with E-state index in [1.54, 1.807) is 24.3 Å². The molecule has 1 fully saturated rings. The van der Waals surface area contributed by atoms with E-state index in [0.29, 0.717) is 23.6 Å². The maximum Gasteiger partial charge on any atom is 0.306 e. The van der Waals surface area contributed by atoms with E-state index in [9.17, 15) is 9.59 Å². The summed E-state index contributed by atoms with van der Waals surface area (Å²) < 4.78 is 10.2. The van der Waals surface area contributed by atoms with Crippen molar-refractivity contribution in [3.63, 3.8) is 0 Å². The normalized spacial score (nSPS) is 17.8. The van der Waals surface area contributed by atoms with Gasteiger partial charge in [0, 0.05) is 17.2 Å². The van der Waals surface area contributed by atoms with E-state index in [0.717, 1.165) is 5.56 Å². The maximum absolute atomic E-state index is 11.9. The predicted octanol–water partition coefficient (Wildman–Crippen LogP) is 1.30. The maximum atomic E-state index is 11.9. The van der Waals surface area contributed by atoms with Crippen molar-refractivity contribution >= 4 is 30.1 Å². The summed E-state index contributed by atoms with van der Waals surface area (Å²) in [5, 5.41) is 18.4. The van der Waals surface area contributed by atoms with E-state index >= 15 is 0 Å². The molecular weight excluding hydrogens is 398 g/mol. The molecule has 0 radical (unpaired) electrons. The van der Waals surface area contributed by atoms with Crippen LogP contribution in [0.3, 0.4) is 0 Å². The standard InChI is InChI=1S/C19H21N5O4.ClH/c1-27-17(25)9-13-8-14(22-19(13)26)10-28-16-7-6-15(23-24-16)11-2-4-12(5-3-11)18(20)21;/h2-7,13-14H,8-10H2,1H3,(H3,20,21)(H,22,26);1H/t13-,14-;/m0./s1. The zero-order valence-electron chi connectivity index (χ0n) is 15.8.